The molecule has 124 valence electrons. The predicted molar refractivity (Wildman–Crippen MR) is 82.1 cm³/mol. The molecule has 7 nitrogen and oxygen atoms in total. The Morgan fingerprint density at radius 1 is 1.39 bits per heavy atom. The predicted octanol–water partition coefficient (Wildman–Crippen LogP) is 2.18. The Morgan fingerprint density at radius 2 is 2.13 bits per heavy atom. The highest BCUT2D eigenvalue weighted by molar-refractivity contribution is 5.77. The summed E-state index contributed by atoms with van der Waals surface area (Å²) >= 11 is 0. The number of ether oxygens (including phenoxy) is 1. The number of non-ortho nitro benzene ring substituents is 1. The minimum atomic E-state index is -0.959. The van der Waals surface area contributed by atoms with Crippen LogP contribution in [-0.4, -0.2) is 39.1 Å². The number of fused-ring (bicyclic) bond motifs is 1. The van der Waals surface area contributed by atoms with E-state index >= 15 is 0 Å². The topological polar surface area (TPSA) is 92.9 Å². The van der Waals surface area contributed by atoms with E-state index in [4.69, 9.17) is 4.74 Å². The van der Waals surface area contributed by atoms with E-state index in [-0.39, 0.29) is 11.6 Å². The number of benzene rings is 1. The van der Waals surface area contributed by atoms with Gasteiger partial charge in [0.15, 0.2) is 0 Å². The standard InChI is InChI=1S/C16H20N2O5/c1-16(2)15(20)14(17-8-4-3-5-13(17)19)11-9-10(18(21)22)6-7-12(11)23-16/h6-7,9,14-15,20H,3-5,8H2,1-2H3. The molecule has 1 fully saturated rings. The summed E-state index contributed by atoms with van der Waals surface area (Å²) in [4.78, 5) is 24.5. The van der Waals surface area contributed by atoms with Gasteiger partial charge in [0.05, 0.1) is 11.0 Å². The summed E-state index contributed by atoms with van der Waals surface area (Å²) in [6.07, 6.45) is 1.17. The molecule has 2 aliphatic rings. The molecular formula is C16H20N2O5. The van der Waals surface area contributed by atoms with Crippen molar-refractivity contribution in [1.29, 1.82) is 0 Å². The second-order valence-corrected chi connectivity index (χ2v) is 6.62. The molecule has 0 spiro atoms. The van der Waals surface area contributed by atoms with Crippen molar-refractivity contribution in [3.8, 4) is 5.75 Å². The summed E-state index contributed by atoms with van der Waals surface area (Å²) in [5.41, 5.74) is -0.457. The van der Waals surface area contributed by atoms with Crippen LogP contribution in [0.15, 0.2) is 18.2 Å². The molecule has 23 heavy (non-hydrogen) atoms. The largest absolute Gasteiger partial charge is 0.485 e. The molecule has 1 aromatic rings. The van der Waals surface area contributed by atoms with E-state index in [2.05, 4.69) is 0 Å². The highest BCUT2D eigenvalue weighted by atomic mass is 16.6. The van der Waals surface area contributed by atoms with Gasteiger partial charge in [-0.25, -0.2) is 0 Å². The minimum Gasteiger partial charge on any atom is -0.485 e. The van der Waals surface area contributed by atoms with Gasteiger partial charge < -0.3 is 14.7 Å². The third-order valence-electron chi connectivity index (χ3n) is 4.60. The van der Waals surface area contributed by atoms with E-state index in [1.54, 1.807) is 24.8 Å². The van der Waals surface area contributed by atoms with Crippen LogP contribution in [0.5, 0.6) is 5.75 Å². The maximum absolute atomic E-state index is 12.3. The van der Waals surface area contributed by atoms with Crippen molar-refractivity contribution in [3.63, 3.8) is 0 Å². The van der Waals surface area contributed by atoms with E-state index < -0.39 is 22.7 Å². The molecule has 7 heteroatoms. The van der Waals surface area contributed by atoms with Crippen LogP contribution in [-0.2, 0) is 4.79 Å². The third kappa shape index (κ3) is 2.65. The normalized spacial score (nSPS) is 26.4. The molecule has 2 atom stereocenters. The van der Waals surface area contributed by atoms with Crippen LogP contribution >= 0.6 is 0 Å². The minimum absolute atomic E-state index is 0.0320. The quantitative estimate of drug-likeness (QED) is 0.666. The lowest BCUT2D eigenvalue weighted by atomic mass is 9.84. The van der Waals surface area contributed by atoms with E-state index in [1.807, 2.05) is 0 Å². The first-order valence-electron chi connectivity index (χ1n) is 7.76. The smallest absolute Gasteiger partial charge is 0.270 e. The molecule has 1 N–H and O–H groups in total. The summed E-state index contributed by atoms with van der Waals surface area (Å²) in [7, 11) is 0. The van der Waals surface area contributed by atoms with Crippen LogP contribution in [0.3, 0.4) is 0 Å². The number of carbonyl (C=O) groups is 1. The van der Waals surface area contributed by atoms with Gasteiger partial charge in [0.25, 0.3) is 5.69 Å². The molecule has 1 amide bonds. The monoisotopic (exact) mass is 320 g/mol. The van der Waals surface area contributed by atoms with E-state index in [9.17, 15) is 20.0 Å². The van der Waals surface area contributed by atoms with Crippen molar-refractivity contribution in [2.45, 2.75) is 50.9 Å². The van der Waals surface area contributed by atoms with Crippen LogP contribution < -0.4 is 4.74 Å². The zero-order valence-corrected chi connectivity index (χ0v) is 13.2. The summed E-state index contributed by atoms with van der Waals surface area (Å²) in [6.45, 7) is 4.05. The number of piperidine rings is 1. The van der Waals surface area contributed by atoms with Gasteiger partial charge in [0.1, 0.15) is 17.5 Å². The van der Waals surface area contributed by atoms with Gasteiger partial charge in [0, 0.05) is 30.7 Å². The van der Waals surface area contributed by atoms with Gasteiger partial charge in [-0.15, -0.1) is 0 Å². The maximum Gasteiger partial charge on any atom is 0.270 e. The number of carbonyl (C=O) groups excluding carboxylic acids is 1. The van der Waals surface area contributed by atoms with Crippen molar-refractivity contribution in [3.05, 3.63) is 33.9 Å². The van der Waals surface area contributed by atoms with Crippen molar-refractivity contribution < 1.29 is 19.6 Å². The number of nitrogens with zero attached hydrogens (tertiary/aromatic N) is 2. The molecule has 0 aromatic heterocycles. The van der Waals surface area contributed by atoms with Gasteiger partial charge in [-0.2, -0.15) is 0 Å². The van der Waals surface area contributed by atoms with Gasteiger partial charge in [-0.1, -0.05) is 0 Å². The van der Waals surface area contributed by atoms with Crippen LogP contribution in [0.1, 0.15) is 44.7 Å². The molecule has 1 saturated heterocycles. The zero-order valence-electron chi connectivity index (χ0n) is 13.2. The molecule has 2 unspecified atom stereocenters. The molecule has 1 aromatic carbocycles. The average Bonchev–Trinajstić information content (AvgIpc) is 2.49. The van der Waals surface area contributed by atoms with Crippen LogP contribution in [0.25, 0.3) is 0 Å². The fourth-order valence-electron chi connectivity index (χ4n) is 3.33. The Bertz CT molecular complexity index is 658. The lowest BCUT2D eigenvalue weighted by Gasteiger charge is -2.47. The second-order valence-electron chi connectivity index (χ2n) is 6.62. The third-order valence-corrected chi connectivity index (χ3v) is 4.60. The van der Waals surface area contributed by atoms with Crippen LogP contribution in [0.4, 0.5) is 5.69 Å². The van der Waals surface area contributed by atoms with Crippen molar-refractivity contribution >= 4 is 11.6 Å². The molecule has 0 aliphatic carbocycles. The van der Waals surface area contributed by atoms with Crippen LogP contribution in [0, 0.1) is 10.1 Å². The number of aliphatic hydroxyl groups is 1. The Balaban J connectivity index is 2.11. The first kappa shape index (κ1) is 15.7. The molecular weight excluding hydrogens is 300 g/mol. The molecule has 0 saturated carbocycles. The Hall–Kier alpha value is -2.15. The number of likely N-dealkylation sites (tertiary alicyclic amines) is 1. The zero-order chi connectivity index (χ0) is 16.8. The number of nitro groups is 1. The van der Waals surface area contributed by atoms with Crippen LogP contribution in [0.2, 0.25) is 0 Å². The number of nitro benzene ring substituents is 1. The molecule has 2 aliphatic heterocycles. The van der Waals surface area contributed by atoms with Gasteiger partial charge in [-0.3, -0.25) is 14.9 Å². The van der Waals surface area contributed by atoms with Crippen molar-refractivity contribution in [2.24, 2.45) is 0 Å². The fraction of sp³-hybridized carbons (Fsp3) is 0.562. The summed E-state index contributed by atoms with van der Waals surface area (Å²) in [5, 5.41) is 21.8. The fourth-order valence-corrected chi connectivity index (χ4v) is 3.33. The van der Waals surface area contributed by atoms with Gasteiger partial charge in [-0.05, 0) is 32.8 Å². The van der Waals surface area contributed by atoms with Crippen molar-refractivity contribution in [2.75, 3.05) is 6.54 Å². The summed E-state index contributed by atoms with van der Waals surface area (Å²) in [6, 6.07) is 3.70. The second kappa shape index (κ2) is 5.49. The van der Waals surface area contributed by atoms with E-state index in [1.165, 1.54) is 12.1 Å². The lowest BCUT2D eigenvalue weighted by Crippen LogP contribution is -2.55. The first-order chi connectivity index (χ1) is 10.8. The SMILES string of the molecule is CC1(C)Oc2ccc([N+](=O)[O-])cc2C(N2CCCCC2=O)C1O. The van der Waals surface area contributed by atoms with E-state index in [0.29, 0.717) is 24.3 Å². The molecule has 3 rings (SSSR count). The number of rotatable bonds is 2. The molecule has 0 radical (unpaired) electrons. The molecule has 0 bridgehead atoms. The maximum atomic E-state index is 12.3. The van der Waals surface area contributed by atoms with Crippen molar-refractivity contribution in [1.82, 2.24) is 4.90 Å². The Morgan fingerprint density at radius 3 is 2.78 bits per heavy atom. The highest BCUT2D eigenvalue weighted by Crippen LogP contribution is 2.44. The highest BCUT2D eigenvalue weighted by Gasteiger charge is 2.47. The summed E-state index contributed by atoms with van der Waals surface area (Å²) in [5.74, 6) is 0.449. The van der Waals surface area contributed by atoms with Gasteiger partial charge >= 0.3 is 0 Å². The number of aliphatic hydroxyl groups excluding tert-OH is 1. The number of hydrogen-bond donors (Lipinski definition) is 1. The Labute approximate surface area is 134 Å². The van der Waals surface area contributed by atoms with E-state index in [0.717, 1.165) is 12.8 Å². The average molecular weight is 320 g/mol. The lowest BCUT2D eigenvalue weighted by molar-refractivity contribution is -0.385. The number of amides is 1. The summed E-state index contributed by atoms with van der Waals surface area (Å²) < 4.78 is 5.81. The van der Waals surface area contributed by atoms with Gasteiger partial charge in [0.2, 0.25) is 5.91 Å². The first-order valence-corrected chi connectivity index (χ1v) is 7.76. The molecule has 2 heterocycles. The number of hydrogen-bond acceptors (Lipinski definition) is 5. The Kier molecular flexibility index (Phi) is 3.75.